The highest BCUT2D eigenvalue weighted by atomic mass is 28.3. The van der Waals surface area contributed by atoms with Crippen LogP contribution in [0.4, 0.5) is 0 Å². The lowest BCUT2D eigenvalue weighted by Gasteiger charge is -2.21. The molecule has 1 N–H and O–H groups in total. The van der Waals surface area contributed by atoms with E-state index in [0.717, 1.165) is 6.42 Å². The SMILES string of the molecule is C[Si](C)(CCCO)CCC[SiH3]. The minimum absolute atomic E-state index is 0.386. The van der Waals surface area contributed by atoms with Crippen molar-refractivity contribution in [1.82, 2.24) is 0 Å². The second-order valence-corrected chi connectivity index (χ2v) is 10.4. The number of aliphatic hydroxyl groups is 1. The summed E-state index contributed by atoms with van der Waals surface area (Å²) in [6.07, 6.45) is 2.47. The highest BCUT2D eigenvalue weighted by molar-refractivity contribution is 6.77. The first kappa shape index (κ1) is 11.4. The van der Waals surface area contributed by atoms with Gasteiger partial charge in [-0.15, -0.1) is 0 Å². The van der Waals surface area contributed by atoms with Gasteiger partial charge in [0.1, 0.15) is 0 Å². The Kier molecular flexibility index (Phi) is 6.18. The van der Waals surface area contributed by atoms with Crippen molar-refractivity contribution < 1.29 is 5.11 Å². The summed E-state index contributed by atoms with van der Waals surface area (Å²) >= 11 is 0. The van der Waals surface area contributed by atoms with Gasteiger partial charge in [0, 0.05) is 24.9 Å². The summed E-state index contributed by atoms with van der Waals surface area (Å²) < 4.78 is 0. The van der Waals surface area contributed by atoms with E-state index < -0.39 is 8.07 Å². The van der Waals surface area contributed by atoms with E-state index in [1.807, 2.05) is 0 Å². The molecular formula is C8H22OSi2. The quantitative estimate of drug-likeness (QED) is 0.625. The summed E-state index contributed by atoms with van der Waals surface area (Å²) in [5.41, 5.74) is 0. The predicted molar refractivity (Wildman–Crippen MR) is 58.2 cm³/mol. The van der Waals surface area contributed by atoms with Crippen molar-refractivity contribution in [2.75, 3.05) is 6.61 Å². The third kappa shape index (κ3) is 6.78. The molecule has 68 valence electrons. The van der Waals surface area contributed by atoms with Crippen LogP contribution >= 0.6 is 0 Å². The maximum Gasteiger partial charge on any atom is 0.0474 e. The Morgan fingerprint density at radius 2 is 1.73 bits per heavy atom. The average Bonchev–Trinajstić information content (AvgIpc) is 1.97. The molecule has 11 heavy (non-hydrogen) atoms. The largest absolute Gasteiger partial charge is 0.396 e. The minimum Gasteiger partial charge on any atom is -0.396 e. The topological polar surface area (TPSA) is 20.2 Å². The summed E-state index contributed by atoms with van der Waals surface area (Å²) in [7, 11) is 0.477. The number of hydrogen-bond donors (Lipinski definition) is 1. The molecule has 0 rings (SSSR count). The highest BCUT2D eigenvalue weighted by Gasteiger charge is 2.18. The lowest BCUT2D eigenvalue weighted by atomic mass is 10.5. The van der Waals surface area contributed by atoms with Gasteiger partial charge in [-0.05, 0) is 6.42 Å². The van der Waals surface area contributed by atoms with Crippen LogP contribution in [0.3, 0.4) is 0 Å². The van der Waals surface area contributed by atoms with Gasteiger partial charge in [0.25, 0.3) is 0 Å². The molecule has 0 unspecified atom stereocenters. The van der Waals surface area contributed by atoms with E-state index in [1.54, 1.807) is 0 Å². The molecule has 0 aromatic carbocycles. The first-order valence-electron chi connectivity index (χ1n) is 4.73. The molecule has 0 aliphatic heterocycles. The lowest BCUT2D eigenvalue weighted by Crippen LogP contribution is -2.24. The normalized spacial score (nSPS) is 12.3. The third-order valence-corrected chi connectivity index (χ3v) is 6.34. The van der Waals surface area contributed by atoms with Gasteiger partial charge in [0.2, 0.25) is 0 Å². The summed E-state index contributed by atoms with van der Waals surface area (Å²) in [4.78, 5) is 0. The standard InChI is InChI=1S/C8H22OSi2/c1-11(2,7-3-5-9)8-4-6-10/h9H,3-8H2,1-2,10H3. The molecule has 0 spiro atoms. The fourth-order valence-electron chi connectivity index (χ4n) is 1.34. The molecule has 0 radical (unpaired) electrons. The molecule has 0 amide bonds. The Hall–Kier alpha value is 0.394. The van der Waals surface area contributed by atoms with E-state index in [-0.39, 0.29) is 0 Å². The Morgan fingerprint density at radius 1 is 1.18 bits per heavy atom. The van der Waals surface area contributed by atoms with E-state index in [9.17, 15) is 0 Å². The molecule has 0 atom stereocenters. The van der Waals surface area contributed by atoms with E-state index in [1.165, 1.54) is 34.8 Å². The second kappa shape index (κ2) is 5.97. The first-order valence-corrected chi connectivity index (χ1v) is 9.56. The van der Waals surface area contributed by atoms with Crippen molar-refractivity contribution in [1.29, 1.82) is 0 Å². The number of aliphatic hydroxyl groups excluding tert-OH is 1. The Bertz CT molecular complexity index is 84.1. The molecule has 0 saturated heterocycles. The van der Waals surface area contributed by atoms with Gasteiger partial charge in [-0.3, -0.25) is 0 Å². The van der Waals surface area contributed by atoms with Crippen molar-refractivity contribution >= 4 is 18.3 Å². The minimum atomic E-state index is -0.883. The predicted octanol–water partition coefficient (Wildman–Crippen LogP) is 1.25. The van der Waals surface area contributed by atoms with Crippen LogP contribution in [0.25, 0.3) is 0 Å². The average molecular weight is 190 g/mol. The molecular weight excluding hydrogens is 168 g/mol. The van der Waals surface area contributed by atoms with Crippen molar-refractivity contribution in [3.63, 3.8) is 0 Å². The maximum atomic E-state index is 8.68. The van der Waals surface area contributed by atoms with E-state index in [0.29, 0.717) is 6.61 Å². The summed E-state index contributed by atoms with van der Waals surface area (Å²) in [6.45, 7) is 5.27. The van der Waals surface area contributed by atoms with Gasteiger partial charge in [0.15, 0.2) is 0 Å². The molecule has 1 nitrogen and oxygen atoms in total. The molecule has 3 heteroatoms. The zero-order chi connectivity index (χ0) is 8.74. The van der Waals surface area contributed by atoms with Crippen LogP contribution in [0.5, 0.6) is 0 Å². The van der Waals surface area contributed by atoms with Gasteiger partial charge in [-0.2, -0.15) is 0 Å². The fourth-order valence-corrected chi connectivity index (χ4v) is 5.07. The summed E-state index contributed by atoms with van der Waals surface area (Å²) in [6, 6.07) is 4.23. The second-order valence-electron chi connectivity index (χ2n) is 4.09. The molecule has 0 heterocycles. The molecule has 0 aliphatic carbocycles. The Labute approximate surface area is 74.6 Å². The summed E-state index contributed by atoms with van der Waals surface area (Å²) in [5, 5.41) is 8.68. The Morgan fingerprint density at radius 3 is 2.18 bits per heavy atom. The fraction of sp³-hybridized carbons (Fsp3) is 1.00. The van der Waals surface area contributed by atoms with Crippen molar-refractivity contribution in [2.24, 2.45) is 0 Å². The van der Waals surface area contributed by atoms with Crippen molar-refractivity contribution in [2.45, 2.75) is 44.1 Å². The van der Waals surface area contributed by atoms with Crippen LogP contribution in [-0.2, 0) is 0 Å². The van der Waals surface area contributed by atoms with Gasteiger partial charge >= 0.3 is 0 Å². The van der Waals surface area contributed by atoms with Crippen LogP contribution in [0.1, 0.15) is 12.8 Å². The molecule has 0 aliphatic rings. The van der Waals surface area contributed by atoms with Crippen molar-refractivity contribution in [3.8, 4) is 0 Å². The van der Waals surface area contributed by atoms with Crippen LogP contribution in [0, 0.1) is 0 Å². The van der Waals surface area contributed by atoms with Gasteiger partial charge < -0.3 is 5.11 Å². The van der Waals surface area contributed by atoms with Crippen LogP contribution in [0.2, 0.25) is 31.2 Å². The Balaban J connectivity index is 3.43. The van der Waals surface area contributed by atoms with Crippen LogP contribution in [-0.4, -0.2) is 30.0 Å². The molecule has 0 saturated carbocycles. The maximum absolute atomic E-state index is 8.68. The van der Waals surface area contributed by atoms with Crippen molar-refractivity contribution in [3.05, 3.63) is 0 Å². The van der Waals surface area contributed by atoms with Gasteiger partial charge in [-0.25, -0.2) is 0 Å². The van der Waals surface area contributed by atoms with E-state index in [2.05, 4.69) is 13.1 Å². The van der Waals surface area contributed by atoms with Crippen LogP contribution in [0.15, 0.2) is 0 Å². The number of rotatable bonds is 6. The van der Waals surface area contributed by atoms with Gasteiger partial charge in [0.05, 0.1) is 0 Å². The zero-order valence-corrected chi connectivity index (χ0v) is 11.2. The summed E-state index contributed by atoms with van der Waals surface area (Å²) in [5.74, 6) is 0. The smallest absolute Gasteiger partial charge is 0.0474 e. The number of hydrogen-bond acceptors (Lipinski definition) is 1. The lowest BCUT2D eigenvalue weighted by molar-refractivity contribution is 0.294. The molecule has 0 aromatic rings. The third-order valence-electron chi connectivity index (χ3n) is 2.22. The highest BCUT2D eigenvalue weighted by Crippen LogP contribution is 2.19. The molecule has 0 aromatic heterocycles. The van der Waals surface area contributed by atoms with E-state index >= 15 is 0 Å². The van der Waals surface area contributed by atoms with Crippen LogP contribution < -0.4 is 0 Å². The van der Waals surface area contributed by atoms with Gasteiger partial charge in [-0.1, -0.05) is 37.6 Å². The monoisotopic (exact) mass is 190 g/mol. The first-order chi connectivity index (χ1) is 5.12. The molecule has 0 fully saturated rings. The zero-order valence-electron chi connectivity index (χ0n) is 8.19. The van der Waals surface area contributed by atoms with E-state index in [4.69, 9.17) is 5.11 Å². The molecule has 0 bridgehead atoms.